The molecule has 1 aliphatic heterocycles. The average Bonchev–Trinajstić information content (AvgIpc) is 2.51. The Morgan fingerprint density at radius 1 is 1.21 bits per heavy atom. The highest BCUT2D eigenvalue weighted by Crippen LogP contribution is 2.23. The molecule has 6 heteroatoms. The van der Waals surface area contributed by atoms with E-state index in [9.17, 15) is 14.4 Å². The van der Waals surface area contributed by atoms with Gasteiger partial charge in [0.15, 0.2) is 0 Å². The number of ether oxygens (including phenoxy) is 2. The maximum absolute atomic E-state index is 12.3. The molecule has 2 amide bonds. The lowest BCUT2D eigenvalue weighted by Gasteiger charge is -2.33. The summed E-state index contributed by atoms with van der Waals surface area (Å²) >= 11 is 0. The molecule has 1 saturated heterocycles. The Labute approximate surface area is 141 Å². The first-order chi connectivity index (χ1) is 11.3. The van der Waals surface area contributed by atoms with Gasteiger partial charge < -0.3 is 9.47 Å². The molecule has 0 aromatic heterocycles. The number of piperidine rings is 1. The third-order valence-electron chi connectivity index (χ3n) is 3.53. The predicted octanol–water partition coefficient (Wildman–Crippen LogP) is 3.05. The molecule has 0 aliphatic carbocycles. The van der Waals surface area contributed by atoms with E-state index in [-0.39, 0.29) is 13.0 Å². The SMILES string of the molecule is CC(C)(C)OC(=O)[C@@H]1CCCC(=O)N1C(=O)OCc1ccccc1. The number of esters is 1. The van der Waals surface area contributed by atoms with E-state index in [1.807, 2.05) is 30.3 Å². The van der Waals surface area contributed by atoms with Gasteiger partial charge in [0.2, 0.25) is 5.91 Å². The Balaban J connectivity index is 2.06. The summed E-state index contributed by atoms with van der Waals surface area (Å²) < 4.78 is 10.5. The van der Waals surface area contributed by atoms with E-state index < -0.39 is 29.6 Å². The van der Waals surface area contributed by atoms with Gasteiger partial charge in [-0.05, 0) is 39.2 Å². The number of hydrogen-bond donors (Lipinski definition) is 0. The highest BCUT2D eigenvalue weighted by Gasteiger charge is 2.40. The second-order valence-corrected chi connectivity index (χ2v) is 6.75. The first-order valence-corrected chi connectivity index (χ1v) is 8.03. The van der Waals surface area contributed by atoms with Crippen molar-refractivity contribution in [3.8, 4) is 0 Å². The molecule has 0 unspecified atom stereocenters. The molecular weight excluding hydrogens is 310 g/mol. The van der Waals surface area contributed by atoms with Gasteiger partial charge in [0.25, 0.3) is 0 Å². The van der Waals surface area contributed by atoms with Crippen LogP contribution in [0.3, 0.4) is 0 Å². The van der Waals surface area contributed by atoms with Crippen LogP contribution in [0.5, 0.6) is 0 Å². The molecule has 1 fully saturated rings. The van der Waals surface area contributed by atoms with Crippen LogP contribution in [0, 0.1) is 0 Å². The van der Waals surface area contributed by atoms with Crippen molar-refractivity contribution in [3.05, 3.63) is 35.9 Å². The molecule has 1 aliphatic rings. The third-order valence-corrected chi connectivity index (χ3v) is 3.53. The van der Waals surface area contributed by atoms with Crippen molar-refractivity contribution in [1.29, 1.82) is 0 Å². The van der Waals surface area contributed by atoms with Gasteiger partial charge >= 0.3 is 12.1 Å². The molecule has 1 heterocycles. The maximum Gasteiger partial charge on any atom is 0.417 e. The van der Waals surface area contributed by atoms with Gasteiger partial charge in [0, 0.05) is 6.42 Å². The fraction of sp³-hybridized carbons (Fsp3) is 0.500. The van der Waals surface area contributed by atoms with Crippen LogP contribution in [0.15, 0.2) is 30.3 Å². The molecule has 0 bridgehead atoms. The lowest BCUT2D eigenvalue weighted by molar-refractivity contribution is -0.165. The first-order valence-electron chi connectivity index (χ1n) is 8.03. The summed E-state index contributed by atoms with van der Waals surface area (Å²) in [4.78, 5) is 37.7. The van der Waals surface area contributed by atoms with E-state index >= 15 is 0 Å². The fourth-order valence-electron chi connectivity index (χ4n) is 2.48. The van der Waals surface area contributed by atoms with Crippen molar-refractivity contribution < 1.29 is 23.9 Å². The Morgan fingerprint density at radius 3 is 2.50 bits per heavy atom. The highest BCUT2D eigenvalue weighted by molar-refractivity contribution is 5.97. The molecule has 0 radical (unpaired) electrons. The summed E-state index contributed by atoms with van der Waals surface area (Å²) in [6.45, 7) is 5.28. The smallest absolute Gasteiger partial charge is 0.417 e. The van der Waals surface area contributed by atoms with E-state index in [0.717, 1.165) is 10.5 Å². The first kappa shape index (κ1) is 18.0. The van der Waals surface area contributed by atoms with Crippen LogP contribution in [-0.4, -0.2) is 34.5 Å². The molecule has 6 nitrogen and oxygen atoms in total. The number of imide groups is 1. The standard InChI is InChI=1S/C18H23NO5/c1-18(2,3)24-16(21)14-10-7-11-15(20)19(14)17(22)23-12-13-8-5-4-6-9-13/h4-6,8-9,14H,7,10-12H2,1-3H3/t14-/m0/s1. The van der Waals surface area contributed by atoms with Crippen LogP contribution in [-0.2, 0) is 25.7 Å². The van der Waals surface area contributed by atoms with Crippen LogP contribution in [0.2, 0.25) is 0 Å². The number of hydrogen-bond acceptors (Lipinski definition) is 5. The van der Waals surface area contributed by atoms with Crippen LogP contribution in [0.4, 0.5) is 4.79 Å². The summed E-state index contributed by atoms with van der Waals surface area (Å²) in [5.41, 5.74) is 0.126. The number of carbonyl (C=O) groups excluding carboxylic acids is 3. The maximum atomic E-state index is 12.3. The second kappa shape index (κ2) is 7.47. The Kier molecular flexibility index (Phi) is 5.59. The zero-order valence-corrected chi connectivity index (χ0v) is 14.3. The molecule has 1 aromatic carbocycles. The minimum atomic E-state index is -0.922. The van der Waals surface area contributed by atoms with Crippen molar-refractivity contribution in [2.45, 2.75) is 58.3 Å². The Hall–Kier alpha value is -2.37. The molecule has 0 spiro atoms. The lowest BCUT2D eigenvalue weighted by atomic mass is 10.0. The average molecular weight is 333 g/mol. The van der Waals surface area contributed by atoms with Crippen LogP contribution >= 0.6 is 0 Å². The number of amides is 2. The summed E-state index contributed by atoms with van der Waals surface area (Å²) in [6.07, 6.45) is 0.353. The summed E-state index contributed by atoms with van der Waals surface area (Å²) in [5, 5.41) is 0. The Bertz CT molecular complexity index is 606. The monoisotopic (exact) mass is 333 g/mol. The largest absolute Gasteiger partial charge is 0.458 e. The van der Waals surface area contributed by atoms with Gasteiger partial charge in [0.05, 0.1) is 0 Å². The fourth-order valence-corrected chi connectivity index (χ4v) is 2.48. The molecule has 0 saturated carbocycles. The van der Waals surface area contributed by atoms with E-state index in [0.29, 0.717) is 12.8 Å². The van der Waals surface area contributed by atoms with Crippen LogP contribution in [0.25, 0.3) is 0 Å². The molecule has 1 atom stereocenters. The Morgan fingerprint density at radius 2 is 1.88 bits per heavy atom. The lowest BCUT2D eigenvalue weighted by Crippen LogP contribution is -2.52. The predicted molar refractivity (Wildman–Crippen MR) is 87.0 cm³/mol. The van der Waals surface area contributed by atoms with Crippen molar-refractivity contribution >= 4 is 18.0 Å². The van der Waals surface area contributed by atoms with Gasteiger partial charge in [-0.25, -0.2) is 14.5 Å². The molecule has 1 aromatic rings. The van der Waals surface area contributed by atoms with Crippen molar-refractivity contribution in [2.75, 3.05) is 0 Å². The van der Waals surface area contributed by atoms with E-state index in [1.54, 1.807) is 20.8 Å². The topological polar surface area (TPSA) is 72.9 Å². The van der Waals surface area contributed by atoms with Gasteiger partial charge in [-0.1, -0.05) is 30.3 Å². The minimum Gasteiger partial charge on any atom is -0.458 e. The highest BCUT2D eigenvalue weighted by atomic mass is 16.6. The summed E-state index contributed by atoms with van der Waals surface area (Å²) in [6, 6.07) is 8.23. The molecule has 130 valence electrons. The minimum absolute atomic E-state index is 0.0461. The normalized spacial score (nSPS) is 18.2. The van der Waals surface area contributed by atoms with Gasteiger partial charge in [-0.2, -0.15) is 0 Å². The van der Waals surface area contributed by atoms with E-state index in [4.69, 9.17) is 9.47 Å². The van der Waals surface area contributed by atoms with Gasteiger partial charge in [-0.15, -0.1) is 0 Å². The molecule has 24 heavy (non-hydrogen) atoms. The van der Waals surface area contributed by atoms with Crippen molar-refractivity contribution in [1.82, 2.24) is 4.90 Å². The van der Waals surface area contributed by atoms with Gasteiger partial charge in [-0.3, -0.25) is 4.79 Å². The van der Waals surface area contributed by atoms with Crippen LogP contribution < -0.4 is 0 Å². The summed E-state index contributed by atoms with van der Waals surface area (Å²) in [5.74, 6) is -0.984. The number of rotatable bonds is 3. The van der Waals surface area contributed by atoms with E-state index in [2.05, 4.69) is 0 Å². The van der Waals surface area contributed by atoms with E-state index in [1.165, 1.54) is 0 Å². The third kappa shape index (κ3) is 4.81. The zero-order chi connectivity index (χ0) is 17.7. The number of carbonyl (C=O) groups is 3. The van der Waals surface area contributed by atoms with Crippen molar-refractivity contribution in [3.63, 3.8) is 0 Å². The molecular formula is C18H23NO5. The quantitative estimate of drug-likeness (QED) is 0.795. The van der Waals surface area contributed by atoms with Crippen LogP contribution in [0.1, 0.15) is 45.6 Å². The second-order valence-electron chi connectivity index (χ2n) is 6.75. The number of nitrogens with zero attached hydrogens (tertiary/aromatic N) is 1. The zero-order valence-electron chi connectivity index (χ0n) is 14.3. The number of likely N-dealkylation sites (tertiary alicyclic amines) is 1. The molecule has 2 rings (SSSR count). The number of benzene rings is 1. The van der Waals surface area contributed by atoms with Gasteiger partial charge in [0.1, 0.15) is 18.2 Å². The molecule has 0 N–H and O–H groups in total. The summed E-state index contributed by atoms with van der Waals surface area (Å²) in [7, 11) is 0. The van der Waals surface area contributed by atoms with Crippen molar-refractivity contribution in [2.24, 2.45) is 0 Å².